The number of carbonyl (C=O) groups excluding carboxylic acids is 1. The maximum absolute atomic E-state index is 12.1. The molecule has 0 amide bonds. The summed E-state index contributed by atoms with van der Waals surface area (Å²) in [6.45, 7) is 4.07. The Hall–Kier alpha value is -1.34. The van der Waals surface area contributed by atoms with Crippen LogP contribution in [0.2, 0.25) is 0 Å². The lowest BCUT2D eigenvalue weighted by atomic mass is 10.0. The smallest absolute Gasteiger partial charge is 0.354 e. The fourth-order valence-electron chi connectivity index (χ4n) is 2.94. The van der Waals surface area contributed by atoms with Crippen molar-refractivity contribution in [1.29, 1.82) is 0 Å². The Morgan fingerprint density at radius 2 is 2.33 bits per heavy atom. The molecule has 1 fully saturated rings. The molecular formula is C14H19N3O3S. The van der Waals surface area contributed by atoms with Crippen molar-refractivity contribution in [1.82, 2.24) is 4.90 Å². The number of aliphatic imine (C=N–C) groups is 2. The number of fused-ring (bicyclic) bond motifs is 1. The Balaban J connectivity index is 1.97. The molecule has 3 atom stereocenters. The van der Waals surface area contributed by atoms with Crippen molar-refractivity contribution in [3.63, 3.8) is 0 Å². The van der Waals surface area contributed by atoms with Crippen molar-refractivity contribution in [2.75, 3.05) is 33.1 Å². The minimum atomic E-state index is -0.322. The van der Waals surface area contributed by atoms with E-state index in [1.165, 1.54) is 18.9 Å². The molecule has 6 nitrogen and oxygen atoms in total. The zero-order valence-electron chi connectivity index (χ0n) is 12.4. The Labute approximate surface area is 128 Å². The van der Waals surface area contributed by atoms with Gasteiger partial charge in [0.15, 0.2) is 5.17 Å². The van der Waals surface area contributed by atoms with Gasteiger partial charge in [-0.05, 0) is 12.3 Å². The molecule has 0 aromatic carbocycles. The normalized spacial score (nSPS) is 31.5. The van der Waals surface area contributed by atoms with Crippen LogP contribution in [0.1, 0.15) is 6.92 Å². The van der Waals surface area contributed by atoms with Crippen LogP contribution in [0.15, 0.2) is 21.8 Å². The van der Waals surface area contributed by atoms with Crippen molar-refractivity contribution in [3.8, 4) is 0 Å². The van der Waals surface area contributed by atoms with Crippen LogP contribution in [0.4, 0.5) is 0 Å². The maximum Gasteiger partial charge on any atom is 0.354 e. The van der Waals surface area contributed by atoms with E-state index in [1.807, 2.05) is 17.2 Å². The Morgan fingerprint density at radius 1 is 1.52 bits per heavy atom. The number of hydrogen-bond acceptors (Lipinski definition) is 7. The molecule has 21 heavy (non-hydrogen) atoms. The molecule has 0 aliphatic carbocycles. The standard InChI is InChI=1S/C14H19N3O3S/c1-8-6-20-7-11(8)17-10(13(18)19-2)4-9-5-15-14(21-3)16-12(9)17/h4,8-9,11H,5-7H2,1-3H3/t8-,9?,11+/m0/s1. The van der Waals surface area contributed by atoms with Crippen LogP contribution in [-0.4, -0.2) is 61.0 Å². The van der Waals surface area contributed by atoms with E-state index >= 15 is 0 Å². The van der Waals surface area contributed by atoms with Crippen molar-refractivity contribution >= 4 is 28.7 Å². The van der Waals surface area contributed by atoms with E-state index in [-0.39, 0.29) is 17.9 Å². The third-order valence-electron chi connectivity index (χ3n) is 4.07. The van der Waals surface area contributed by atoms with Gasteiger partial charge in [-0.1, -0.05) is 18.7 Å². The third kappa shape index (κ3) is 2.48. The van der Waals surface area contributed by atoms with Gasteiger partial charge in [-0.15, -0.1) is 0 Å². The Morgan fingerprint density at radius 3 is 2.95 bits per heavy atom. The quantitative estimate of drug-likeness (QED) is 0.716. The van der Waals surface area contributed by atoms with Gasteiger partial charge in [-0.25, -0.2) is 9.79 Å². The van der Waals surface area contributed by atoms with Gasteiger partial charge in [0.2, 0.25) is 0 Å². The van der Waals surface area contributed by atoms with Gasteiger partial charge in [0.25, 0.3) is 0 Å². The summed E-state index contributed by atoms with van der Waals surface area (Å²) in [6, 6.07) is 0.125. The fraction of sp³-hybridized carbons (Fsp3) is 0.643. The second kappa shape index (κ2) is 5.81. The van der Waals surface area contributed by atoms with E-state index < -0.39 is 0 Å². The van der Waals surface area contributed by atoms with Crippen LogP contribution < -0.4 is 0 Å². The first kappa shape index (κ1) is 14.6. The number of methoxy groups -OCH3 is 1. The van der Waals surface area contributed by atoms with E-state index in [9.17, 15) is 4.79 Å². The lowest BCUT2D eigenvalue weighted by molar-refractivity contribution is -0.137. The van der Waals surface area contributed by atoms with Crippen LogP contribution in [0.3, 0.4) is 0 Å². The molecule has 114 valence electrons. The van der Waals surface area contributed by atoms with Gasteiger partial charge in [-0.3, -0.25) is 4.99 Å². The number of carbonyl (C=O) groups is 1. The largest absolute Gasteiger partial charge is 0.464 e. The number of ether oxygens (including phenoxy) is 2. The maximum atomic E-state index is 12.1. The summed E-state index contributed by atoms with van der Waals surface area (Å²) in [6.07, 6.45) is 3.88. The van der Waals surface area contributed by atoms with E-state index in [0.717, 1.165) is 11.0 Å². The highest BCUT2D eigenvalue weighted by Crippen LogP contribution is 2.33. The first-order valence-electron chi connectivity index (χ1n) is 6.99. The minimum absolute atomic E-state index is 0.0581. The number of esters is 1. The molecule has 7 heteroatoms. The van der Waals surface area contributed by atoms with E-state index in [2.05, 4.69) is 16.9 Å². The molecular weight excluding hydrogens is 290 g/mol. The van der Waals surface area contributed by atoms with Crippen molar-refractivity contribution in [2.24, 2.45) is 21.8 Å². The number of amidine groups is 2. The Bertz CT molecular complexity index is 544. The third-order valence-corrected chi connectivity index (χ3v) is 4.65. The minimum Gasteiger partial charge on any atom is -0.464 e. The summed E-state index contributed by atoms with van der Waals surface area (Å²) in [4.78, 5) is 23.2. The van der Waals surface area contributed by atoms with Gasteiger partial charge in [0, 0.05) is 5.92 Å². The van der Waals surface area contributed by atoms with Crippen LogP contribution in [0, 0.1) is 11.8 Å². The summed E-state index contributed by atoms with van der Waals surface area (Å²) in [5, 5.41) is 0.761. The summed E-state index contributed by atoms with van der Waals surface area (Å²) < 4.78 is 10.5. The lowest BCUT2D eigenvalue weighted by Crippen LogP contribution is -2.45. The Kier molecular flexibility index (Phi) is 4.03. The highest BCUT2D eigenvalue weighted by atomic mass is 32.2. The van der Waals surface area contributed by atoms with Crippen LogP contribution in [0.5, 0.6) is 0 Å². The van der Waals surface area contributed by atoms with E-state index in [1.54, 1.807) is 0 Å². The van der Waals surface area contributed by atoms with Crippen LogP contribution >= 0.6 is 11.8 Å². The van der Waals surface area contributed by atoms with E-state index in [4.69, 9.17) is 9.47 Å². The number of rotatable bonds is 2. The molecule has 0 saturated carbocycles. The summed E-state index contributed by atoms with van der Waals surface area (Å²) in [5.74, 6) is 0.980. The van der Waals surface area contributed by atoms with Crippen molar-refractivity contribution < 1.29 is 14.3 Å². The second-order valence-electron chi connectivity index (χ2n) is 5.40. The highest BCUT2D eigenvalue weighted by Gasteiger charge is 2.43. The molecule has 0 radical (unpaired) electrons. The first-order valence-corrected chi connectivity index (χ1v) is 8.22. The number of nitrogens with zero attached hydrogens (tertiary/aromatic N) is 3. The number of thioether (sulfide) groups is 1. The molecule has 3 aliphatic rings. The average Bonchev–Trinajstić information content (AvgIpc) is 3.08. The second-order valence-corrected chi connectivity index (χ2v) is 6.17. The molecule has 0 bridgehead atoms. The fourth-order valence-corrected chi connectivity index (χ4v) is 3.33. The summed E-state index contributed by atoms with van der Waals surface area (Å²) in [7, 11) is 1.41. The SMILES string of the molecule is COC(=O)C1=CC2CN=C(SC)N=C2N1[C@@H]1COC[C@@H]1C. The van der Waals surface area contributed by atoms with Gasteiger partial charge in [-0.2, -0.15) is 0 Å². The molecule has 0 aromatic rings. The van der Waals surface area contributed by atoms with Gasteiger partial charge >= 0.3 is 5.97 Å². The monoisotopic (exact) mass is 309 g/mol. The molecule has 1 saturated heterocycles. The highest BCUT2D eigenvalue weighted by molar-refractivity contribution is 8.13. The molecule has 3 rings (SSSR count). The van der Waals surface area contributed by atoms with Gasteiger partial charge in [0.1, 0.15) is 11.5 Å². The van der Waals surface area contributed by atoms with E-state index in [0.29, 0.717) is 31.4 Å². The topological polar surface area (TPSA) is 63.5 Å². The molecule has 3 aliphatic heterocycles. The van der Waals surface area contributed by atoms with Crippen LogP contribution in [-0.2, 0) is 14.3 Å². The summed E-state index contributed by atoms with van der Waals surface area (Å²) in [5.41, 5.74) is 0.571. The molecule has 3 heterocycles. The molecule has 0 N–H and O–H groups in total. The first-order chi connectivity index (χ1) is 10.2. The zero-order valence-corrected chi connectivity index (χ0v) is 13.2. The van der Waals surface area contributed by atoms with Crippen molar-refractivity contribution in [3.05, 3.63) is 11.8 Å². The zero-order chi connectivity index (χ0) is 15.0. The van der Waals surface area contributed by atoms with Gasteiger partial charge < -0.3 is 14.4 Å². The lowest BCUT2D eigenvalue weighted by Gasteiger charge is -2.32. The van der Waals surface area contributed by atoms with Gasteiger partial charge in [0.05, 0.1) is 38.8 Å². The van der Waals surface area contributed by atoms with Crippen molar-refractivity contribution in [2.45, 2.75) is 13.0 Å². The number of hydrogen-bond donors (Lipinski definition) is 0. The molecule has 1 unspecified atom stereocenters. The predicted molar refractivity (Wildman–Crippen MR) is 82.5 cm³/mol. The summed E-state index contributed by atoms with van der Waals surface area (Å²) >= 11 is 1.52. The predicted octanol–water partition coefficient (Wildman–Crippen LogP) is 1.14. The average molecular weight is 309 g/mol. The molecule has 0 spiro atoms. The van der Waals surface area contributed by atoms with Crippen LogP contribution in [0.25, 0.3) is 0 Å². The molecule has 0 aromatic heterocycles.